The minimum absolute atomic E-state index is 0.00907. The molecule has 3 rings (SSSR count). The highest BCUT2D eigenvalue weighted by Crippen LogP contribution is 2.34. The third kappa shape index (κ3) is 2.41. The standard InChI is InChI=1S/C15H11BrClNO2/c1-8-2-3-9(6-11(8)17)14(16)10-4-5-12-13(7-10)20-15(19)18-12/h2-7,14H,1H3,(H,18,19). The largest absolute Gasteiger partial charge is 0.417 e. The molecule has 0 bridgehead atoms. The van der Waals surface area contributed by atoms with Crippen molar-refractivity contribution >= 4 is 38.6 Å². The molecule has 102 valence electrons. The van der Waals surface area contributed by atoms with E-state index in [2.05, 4.69) is 20.9 Å². The van der Waals surface area contributed by atoms with Crippen LogP contribution in [0.4, 0.5) is 0 Å². The van der Waals surface area contributed by atoms with Crippen LogP contribution in [0, 0.1) is 6.92 Å². The summed E-state index contributed by atoms with van der Waals surface area (Å²) in [7, 11) is 0. The summed E-state index contributed by atoms with van der Waals surface area (Å²) in [6.07, 6.45) is 0. The van der Waals surface area contributed by atoms with Gasteiger partial charge in [-0.3, -0.25) is 4.98 Å². The van der Waals surface area contributed by atoms with Gasteiger partial charge < -0.3 is 4.42 Å². The summed E-state index contributed by atoms with van der Waals surface area (Å²) in [5, 5.41) is 0.737. The molecule has 3 aromatic rings. The molecule has 1 N–H and O–H groups in total. The first-order valence-corrected chi connectivity index (χ1v) is 7.37. The van der Waals surface area contributed by atoms with E-state index < -0.39 is 5.76 Å². The minimum atomic E-state index is -0.443. The third-order valence-electron chi connectivity index (χ3n) is 3.23. The van der Waals surface area contributed by atoms with Crippen LogP contribution in [0.1, 0.15) is 21.5 Å². The summed E-state index contributed by atoms with van der Waals surface area (Å²) in [4.78, 5) is 13.8. The molecule has 0 amide bonds. The molecule has 3 nitrogen and oxygen atoms in total. The quantitative estimate of drug-likeness (QED) is 0.687. The van der Waals surface area contributed by atoms with Gasteiger partial charge in [-0.05, 0) is 41.8 Å². The third-order valence-corrected chi connectivity index (χ3v) is 4.69. The van der Waals surface area contributed by atoms with Crippen LogP contribution in [0.25, 0.3) is 11.1 Å². The molecule has 0 fully saturated rings. The molecule has 1 unspecified atom stereocenters. The van der Waals surface area contributed by atoms with E-state index in [0.717, 1.165) is 21.7 Å². The second kappa shape index (κ2) is 5.11. The summed E-state index contributed by atoms with van der Waals surface area (Å²) >= 11 is 9.81. The molecule has 1 aromatic heterocycles. The molecular weight excluding hydrogens is 342 g/mol. The van der Waals surface area contributed by atoms with E-state index in [1.807, 2.05) is 43.3 Å². The number of nitrogens with one attached hydrogen (secondary N) is 1. The van der Waals surface area contributed by atoms with Gasteiger partial charge in [0.15, 0.2) is 5.58 Å². The molecule has 0 aliphatic carbocycles. The Morgan fingerprint density at radius 1 is 1.20 bits per heavy atom. The monoisotopic (exact) mass is 351 g/mol. The lowest BCUT2D eigenvalue weighted by Crippen LogP contribution is -1.93. The summed E-state index contributed by atoms with van der Waals surface area (Å²) in [5.41, 5.74) is 4.34. The first-order chi connectivity index (χ1) is 9.54. The van der Waals surface area contributed by atoms with E-state index in [0.29, 0.717) is 11.1 Å². The normalized spacial score (nSPS) is 12.8. The average molecular weight is 353 g/mol. The number of alkyl halides is 1. The number of benzene rings is 2. The lowest BCUT2D eigenvalue weighted by atomic mass is 10.0. The van der Waals surface area contributed by atoms with Crippen molar-refractivity contribution in [3.8, 4) is 0 Å². The van der Waals surface area contributed by atoms with Crippen molar-refractivity contribution in [2.75, 3.05) is 0 Å². The number of hydrogen-bond acceptors (Lipinski definition) is 2. The number of oxazole rings is 1. The molecular formula is C15H11BrClNO2. The summed E-state index contributed by atoms with van der Waals surface area (Å²) in [6.45, 7) is 1.97. The van der Waals surface area contributed by atoms with Gasteiger partial charge in [0.2, 0.25) is 0 Å². The van der Waals surface area contributed by atoms with Crippen molar-refractivity contribution in [1.82, 2.24) is 4.98 Å². The molecule has 0 saturated carbocycles. The maximum absolute atomic E-state index is 11.2. The van der Waals surface area contributed by atoms with Crippen LogP contribution in [0.5, 0.6) is 0 Å². The first-order valence-electron chi connectivity index (χ1n) is 6.07. The van der Waals surface area contributed by atoms with Crippen molar-refractivity contribution in [2.24, 2.45) is 0 Å². The van der Waals surface area contributed by atoms with Gasteiger partial charge in [0.25, 0.3) is 0 Å². The highest BCUT2D eigenvalue weighted by atomic mass is 79.9. The van der Waals surface area contributed by atoms with Crippen molar-refractivity contribution in [1.29, 1.82) is 0 Å². The van der Waals surface area contributed by atoms with Gasteiger partial charge in [0.1, 0.15) is 0 Å². The maximum Gasteiger partial charge on any atom is 0.417 e. The smallest absolute Gasteiger partial charge is 0.408 e. The number of halogens is 2. The Balaban J connectivity index is 2.04. The SMILES string of the molecule is Cc1ccc(C(Br)c2ccc3[nH]c(=O)oc3c2)cc1Cl. The van der Waals surface area contributed by atoms with Crippen molar-refractivity contribution in [3.63, 3.8) is 0 Å². The molecule has 0 aliphatic heterocycles. The number of aryl methyl sites for hydroxylation is 1. The molecule has 0 saturated heterocycles. The van der Waals surface area contributed by atoms with Crippen LogP contribution in [0.15, 0.2) is 45.6 Å². The molecule has 1 atom stereocenters. The molecule has 0 radical (unpaired) electrons. The van der Waals surface area contributed by atoms with Crippen molar-refractivity contribution in [2.45, 2.75) is 11.8 Å². The fourth-order valence-corrected chi connectivity index (χ4v) is 2.84. The second-order valence-corrected chi connectivity index (χ2v) is 5.96. The molecule has 2 aromatic carbocycles. The first kappa shape index (κ1) is 13.5. The predicted octanol–water partition coefficient (Wildman–Crippen LogP) is 4.57. The molecule has 0 spiro atoms. The lowest BCUT2D eigenvalue weighted by Gasteiger charge is -2.12. The fourth-order valence-electron chi connectivity index (χ4n) is 2.08. The van der Waals surface area contributed by atoms with Crippen molar-refractivity contribution in [3.05, 3.63) is 68.7 Å². The van der Waals surface area contributed by atoms with Gasteiger partial charge >= 0.3 is 5.76 Å². The van der Waals surface area contributed by atoms with Gasteiger partial charge in [-0.15, -0.1) is 0 Å². The zero-order chi connectivity index (χ0) is 14.3. The van der Waals surface area contributed by atoms with Crippen molar-refractivity contribution < 1.29 is 4.42 Å². The Morgan fingerprint density at radius 2 is 1.90 bits per heavy atom. The van der Waals surface area contributed by atoms with Crippen LogP contribution in [-0.2, 0) is 0 Å². The molecule has 20 heavy (non-hydrogen) atoms. The Hall–Kier alpha value is -1.52. The highest BCUT2D eigenvalue weighted by molar-refractivity contribution is 9.09. The Morgan fingerprint density at radius 3 is 2.65 bits per heavy atom. The lowest BCUT2D eigenvalue weighted by molar-refractivity contribution is 0.555. The zero-order valence-corrected chi connectivity index (χ0v) is 13.0. The highest BCUT2D eigenvalue weighted by Gasteiger charge is 2.13. The second-order valence-electron chi connectivity index (χ2n) is 4.64. The van der Waals surface area contributed by atoms with Gasteiger partial charge in [0, 0.05) is 5.02 Å². The number of rotatable bonds is 2. The molecule has 0 aliphatic rings. The van der Waals surface area contributed by atoms with E-state index in [9.17, 15) is 4.79 Å². The van der Waals surface area contributed by atoms with Crippen LogP contribution < -0.4 is 5.76 Å². The topological polar surface area (TPSA) is 46.0 Å². The number of H-pyrrole nitrogens is 1. The molecule has 5 heteroatoms. The number of aromatic amines is 1. The van der Waals surface area contributed by atoms with Gasteiger partial charge in [-0.2, -0.15) is 0 Å². The van der Waals surface area contributed by atoms with Gasteiger partial charge in [0.05, 0.1) is 10.3 Å². The van der Waals surface area contributed by atoms with Gasteiger partial charge in [-0.25, -0.2) is 4.79 Å². The Kier molecular flexibility index (Phi) is 3.44. The average Bonchev–Trinajstić information content (AvgIpc) is 2.80. The van der Waals surface area contributed by atoms with E-state index in [-0.39, 0.29) is 4.83 Å². The van der Waals surface area contributed by atoms with E-state index in [1.54, 1.807) is 0 Å². The number of fused-ring (bicyclic) bond motifs is 1. The minimum Gasteiger partial charge on any atom is -0.408 e. The summed E-state index contributed by atoms with van der Waals surface area (Å²) in [5.74, 6) is -0.443. The predicted molar refractivity (Wildman–Crippen MR) is 83.8 cm³/mol. The molecule has 1 heterocycles. The zero-order valence-electron chi connectivity index (χ0n) is 10.6. The number of aromatic nitrogens is 1. The van der Waals surface area contributed by atoms with Crippen LogP contribution >= 0.6 is 27.5 Å². The van der Waals surface area contributed by atoms with Gasteiger partial charge in [-0.1, -0.05) is 45.7 Å². The van der Waals surface area contributed by atoms with E-state index in [1.165, 1.54) is 0 Å². The van der Waals surface area contributed by atoms with Crippen LogP contribution in [-0.4, -0.2) is 4.98 Å². The Bertz CT molecular complexity index is 837. The van der Waals surface area contributed by atoms with Crippen LogP contribution in [0.3, 0.4) is 0 Å². The Labute approximate surface area is 128 Å². The maximum atomic E-state index is 11.2. The fraction of sp³-hybridized carbons (Fsp3) is 0.133. The van der Waals surface area contributed by atoms with E-state index in [4.69, 9.17) is 16.0 Å². The van der Waals surface area contributed by atoms with Crippen LogP contribution in [0.2, 0.25) is 5.02 Å². The summed E-state index contributed by atoms with van der Waals surface area (Å²) in [6, 6.07) is 11.6. The number of hydrogen-bond donors (Lipinski definition) is 1. The van der Waals surface area contributed by atoms with E-state index >= 15 is 0 Å². The summed E-state index contributed by atoms with van der Waals surface area (Å²) < 4.78 is 5.08.